The maximum atomic E-state index is 3.83. The molecule has 7 heavy (non-hydrogen) atoms. The van der Waals surface area contributed by atoms with E-state index in [9.17, 15) is 0 Å². The predicted octanol–water partition coefficient (Wildman–Crippen LogP) is -0.917. The van der Waals surface area contributed by atoms with Gasteiger partial charge < -0.3 is 0 Å². The molecule has 1 aliphatic rings. The van der Waals surface area contributed by atoms with Gasteiger partial charge in [-0.05, 0) is 12.0 Å². The van der Waals surface area contributed by atoms with Crippen molar-refractivity contribution in [2.24, 2.45) is 5.10 Å². The van der Waals surface area contributed by atoms with E-state index >= 15 is 0 Å². The van der Waals surface area contributed by atoms with E-state index in [0.717, 1.165) is 11.3 Å². The smallest absolute Gasteiger partial charge is 0.106 e. The molecule has 0 radical (unpaired) electrons. The fraction of sp³-hybridized carbons (Fsp3) is 0.200. The summed E-state index contributed by atoms with van der Waals surface area (Å²) < 4.78 is 0. The molecule has 0 saturated carbocycles. The summed E-state index contributed by atoms with van der Waals surface area (Å²) in [5.74, 6) is 0. The predicted molar refractivity (Wildman–Crippen MR) is 29.3 cm³/mol. The Balaban J connectivity index is 2.89. The highest BCUT2D eigenvalue weighted by Gasteiger charge is 2.04. The van der Waals surface area contributed by atoms with E-state index in [4.69, 9.17) is 0 Å². The quantitative estimate of drug-likeness (QED) is 0.403. The number of hydrogen-bond donors (Lipinski definition) is 1. The minimum atomic E-state index is 0.972. The lowest BCUT2D eigenvalue weighted by Crippen LogP contribution is -2.58. The Morgan fingerprint density at radius 1 is 1.86 bits per heavy atom. The summed E-state index contributed by atoms with van der Waals surface area (Å²) in [6.07, 6.45) is 1.77. The maximum absolute atomic E-state index is 3.83. The Hall–Kier alpha value is -0.920. The molecule has 2 nitrogen and oxygen atoms in total. The third-order valence-electron chi connectivity index (χ3n) is 0.936. The number of allylic oxidation sites excluding steroid dienone is 1. The van der Waals surface area contributed by atoms with Crippen LogP contribution >= 0.6 is 0 Å². The molecule has 1 aliphatic heterocycles. The van der Waals surface area contributed by atoms with E-state index in [1.807, 2.05) is 6.92 Å². The van der Waals surface area contributed by atoms with Crippen LogP contribution in [0, 0.1) is 0 Å². The molecule has 0 aromatic rings. The second kappa shape index (κ2) is 1.30. The molecule has 0 aromatic heterocycles. The molecule has 0 fully saturated rings. The molecular formula is C5H7N2+. The second-order valence-electron chi connectivity index (χ2n) is 1.50. The van der Waals surface area contributed by atoms with E-state index in [0.29, 0.717) is 0 Å². The first-order chi connectivity index (χ1) is 3.30. The largest absolute Gasteiger partial charge is 0.202 e. The first-order valence-electron chi connectivity index (χ1n) is 2.13. The minimum absolute atomic E-state index is 0.972. The molecule has 0 aromatic carbocycles. The van der Waals surface area contributed by atoms with Gasteiger partial charge in [-0.15, -0.1) is 5.10 Å². The Morgan fingerprint density at radius 2 is 2.57 bits per heavy atom. The third-order valence-corrected chi connectivity index (χ3v) is 0.936. The highest BCUT2D eigenvalue weighted by molar-refractivity contribution is 6.14. The molecule has 36 valence electrons. The Labute approximate surface area is 42.3 Å². The SMILES string of the molecule is C=C1C=[NH+]N=C1C. The molecular weight excluding hydrogens is 88.1 g/mol. The average molecular weight is 95.1 g/mol. The molecule has 0 atom stereocenters. The third kappa shape index (κ3) is 0.585. The van der Waals surface area contributed by atoms with Gasteiger partial charge >= 0.3 is 0 Å². The molecule has 1 N–H and O–H groups in total. The molecule has 0 aliphatic carbocycles. The van der Waals surface area contributed by atoms with E-state index in [1.165, 1.54) is 0 Å². The highest BCUT2D eigenvalue weighted by Crippen LogP contribution is 1.87. The number of hydrogen-bond acceptors (Lipinski definition) is 1. The summed E-state index contributed by atoms with van der Waals surface area (Å²) in [5.41, 5.74) is 1.94. The second-order valence-corrected chi connectivity index (χ2v) is 1.50. The van der Waals surface area contributed by atoms with Crippen LogP contribution in [-0.2, 0) is 0 Å². The van der Waals surface area contributed by atoms with Crippen LogP contribution in [0.1, 0.15) is 6.92 Å². The average Bonchev–Trinajstić information content (AvgIpc) is 1.91. The van der Waals surface area contributed by atoms with Crippen LogP contribution in [0.15, 0.2) is 17.3 Å². The van der Waals surface area contributed by atoms with Gasteiger partial charge in [0.15, 0.2) is 0 Å². The van der Waals surface area contributed by atoms with Crippen molar-refractivity contribution in [2.45, 2.75) is 6.92 Å². The maximum Gasteiger partial charge on any atom is 0.202 e. The van der Waals surface area contributed by atoms with Crippen LogP contribution in [0.4, 0.5) is 0 Å². The molecule has 0 amide bonds. The summed E-state index contributed by atoms with van der Waals surface area (Å²) in [6, 6.07) is 0. The van der Waals surface area contributed by atoms with Crippen molar-refractivity contribution < 1.29 is 5.10 Å². The summed E-state index contributed by atoms with van der Waals surface area (Å²) in [7, 11) is 0. The van der Waals surface area contributed by atoms with Gasteiger partial charge in [-0.3, -0.25) is 0 Å². The Morgan fingerprint density at radius 3 is 2.71 bits per heavy atom. The topological polar surface area (TPSA) is 26.3 Å². The van der Waals surface area contributed by atoms with Crippen molar-refractivity contribution in [3.8, 4) is 0 Å². The van der Waals surface area contributed by atoms with Crippen LogP contribution in [0.5, 0.6) is 0 Å². The molecule has 0 unspecified atom stereocenters. The molecule has 1 heterocycles. The summed E-state index contributed by atoms with van der Waals surface area (Å²) in [5, 5.41) is 6.51. The number of nitrogens with one attached hydrogen (secondary N) is 1. The lowest BCUT2D eigenvalue weighted by molar-refractivity contribution is -0.453. The van der Waals surface area contributed by atoms with Gasteiger partial charge in [0.25, 0.3) is 0 Å². The molecule has 0 saturated heterocycles. The van der Waals surface area contributed by atoms with Crippen molar-refractivity contribution in [3.05, 3.63) is 12.2 Å². The molecule has 0 spiro atoms. The van der Waals surface area contributed by atoms with Crippen molar-refractivity contribution in [1.29, 1.82) is 0 Å². The van der Waals surface area contributed by atoms with Crippen LogP contribution in [0.2, 0.25) is 0 Å². The van der Waals surface area contributed by atoms with Crippen LogP contribution in [0.3, 0.4) is 0 Å². The molecule has 2 heteroatoms. The standard InChI is InChI=1S/C5H6N2/c1-4-3-6-7-5(4)2/h3H,1H2,2H3/p+1. The van der Waals surface area contributed by atoms with Gasteiger partial charge in [0.05, 0.1) is 5.57 Å². The number of nitrogens with zero attached hydrogens (tertiary/aromatic N) is 1. The number of rotatable bonds is 0. The lowest BCUT2D eigenvalue weighted by Gasteiger charge is -1.75. The fourth-order valence-electron chi connectivity index (χ4n) is 0.383. The van der Waals surface area contributed by atoms with Gasteiger partial charge in [-0.25, -0.2) is 0 Å². The van der Waals surface area contributed by atoms with Crippen molar-refractivity contribution in [3.63, 3.8) is 0 Å². The Kier molecular flexibility index (Phi) is 0.785. The van der Waals surface area contributed by atoms with E-state index < -0.39 is 0 Å². The minimum Gasteiger partial charge on any atom is -0.106 e. The zero-order valence-electron chi connectivity index (χ0n) is 4.23. The number of hydrazone groups is 1. The van der Waals surface area contributed by atoms with Gasteiger partial charge in [-0.1, -0.05) is 6.58 Å². The summed E-state index contributed by atoms with van der Waals surface area (Å²) in [4.78, 5) is 0. The first kappa shape index (κ1) is 4.24. The normalized spacial score (nSPS) is 17.9. The summed E-state index contributed by atoms with van der Waals surface area (Å²) in [6.45, 7) is 5.60. The Bertz CT molecular complexity index is 153. The fourth-order valence-corrected chi connectivity index (χ4v) is 0.383. The van der Waals surface area contributed by atoms with E-state index in [2.05, 4.69) is 16.8 Å². The van der Waals surface area contributed by atoms with Gasteiger partial charge in [-0.2, -0.15) is 0 Å². The van der Waals surface area contributed by atoms with Gasteiger partial charge in [0.1, 0.15) is 5.71 Å². The van der Waals surface area contributed by atoms with Crippen LogP contribution in [0.25, 0.3) is 0 Å². The van der Waals surface area contributed by atoms with E-state index in [-0.39, 0.29) is 0 Å². The highest BCUT2D eigenvalue weighted by atomic mass is 15.2. The van der Waals surface area contributed by atoms with Crippen molar-refractivity contribution in [2.75, 3.05) is 0 Å². The molecule has 0 bridgehead atoms. The van der Waals surface area contributed by atoms with Crippen molar-refractivity contribution >= 4 is 11.9 Å². The summed E-state index contributed by atoms with van der Waals surface area (Å²) >= 11 is 0. The van der Waals surface area contributed by atoms with Gasteiger partial charge in [0.2, 0.25) is 6.21 Å². The van der Waals surface area contributed by atoms with Crippen LogP contribution < -0.4 is 5.10 Å². The zero-order chi connectivity index (χ0) is 5.28. The van der Waals surface area contributed by atoms with Gasteiger partial charge in [0, 0.05) is 0 Å². The lowest BCUT2D eigenvalue weighted by atomic mass is 10.2. The van der Waals surface area contributed by atoms with E-state index in [1.54, 1.807) is 6.21 Å². The van der Waals surface area contributed by atoms with Crippen LogP contribution in [-0.4, -0.2) is 11.9 Å². The zero-order valence-corrected chi connectivity index (χ0v) is 4.23. The first-order valence-corrected chi connectivity index (χ1v) is 2.13. The monoisotopic (exact) mass is 95.1 g/mol. The van der Waals surface area contributed by atoms with Crippen molar-refractivity contribution in [1.82, 2.24) is 0 Å². The molecule has 1 rings (SSSR count).